The highest BCUT2D eigenvalue weighted by Gasteiger charge is 2.19. The Hall–Kier alpha value is -2.45. The lowest BCUT2D eigenvalue weighted by Crippen LogP contribution is -2.14. The third kappa shape index (κ3) is 4.15. The fourth-order valence-electron chi connectivity index (χ4n) is 2.22. The summed E-state index contributed by atoms with van der Waals surface area (Å²) in [5.74, 6) is -0.786. The number of anilines is 3. The Kier molecular flexibility index (Phi) is 4.73. The van der Waals surface area contributed by atoms with Crippen LogP contribution >= 0.6 is 11.3 Å². The molecule has 0 bridgehead atoms. The minimum Gasteiger partial charge on any atom is -0.331 e. The molecule has 3 aromatic rings. The van der Waals surface area contributed by atoms with E-state index in [0.717, 1.165) is 11.8 Å². The molecule has 5 nitrogen and oxygen atoms in total. The average Bonchev–Trinajstić information content (AvgIpc) is 2.94. The SMILES string of the molecule is Cc1ccc(F)c(S(=O)(=O)Nc2cccc(Nc3nc(C)cs3)c2)c1. The molecule has 25 heavy (non-hydrogen) atoms. The lowest BCUT2D eigenvalue weighted by atomic mass is 10.2. The molecule has 0 radical (unpaired) electrons. The topological polar surface area (TPSA) is 71.1 Å². The number of aromatic nitrogens is 1. The second-order valence-electron chi connectivity index (χ2n) is 5.54. The van der Waals surface area contributed by atoms with E-state index in [1.54, 1.807) is 31.2 Å². The third-order valence-electron chi connectivity index (χ3n) is 3.36. The van der Waals surface area contributed by atoms with Crippen molar-refractivity contribution in [3.05, 3.63) is 64.9 Å². The second-order valence-corrected chi connectivity index (χ2v) is 8.05. The van der Waals surface area contributed by atoms with Crippen LogP contribution in [0.4, 0.5) is 20.9 Å². The first kappa shape index (κ1) is 17.4. The number of benzene rings is 2. The molecule has 0 amide bonds. The van der Waals surface area contributed by atoms with Gasteiger partial charge in [-0.05, 0) is 49.7 Å². The van der Waals surface area contributed by atoms with Crippen molar-refractivity contribution < 1.29 is 12.8 Å². The summed E-state index contributed by atoms with van der Waals surface area (Å²) < 4.78 is 41.2. The van der Waals surface area contributed by atoms with Crippen molar-refractivity contribution in [3.63, 3.8) is 0 Å². The largest absolute Gasteiger partial charge is 0.331 e. The van der Waals surface area contributed by atoms with E-state index in [2.05, 4.69) is 15.0 Å². The summed E-state index contributed by atoms with van der Waals surface area (Å²) >= 11 is 1.45. The van der Waals surface area contributed by atoms with Crippen molar-refractivity contribution >= 4 is 37.9 Å². The van der Waals surface area contributed by atoms with Crippen LogP contribution < -0.4 is 10.0 Å². The smallest absolute Gasteiger partial charge is 0.264 e. The Morgan fingerprint density at radius 2 is 1.84 bits per heavy atom. The van der Waals surface area contributed by atoms with Gasteiger partial charge in [0, 0.05) is 11.1 Å². The van der Waals surface area contributed by atoms with Crippen LogP contribution in [0.5, 0.6) is 0 Å². The van der Waals surface area contributed by atoms with Crippen molar-refractivity contribution in [2.75, 3.05) is 10.0 Å². The van der Waals surface area contributed by atoms with E-state index in [1.165, 1.54) is 23.5 Å². The first-order chi connectivity index (χ1) is 11.8. The molecule has 0 saturated carbocycles. The first-order valence-electron chi connectivity index (χ1n) is 7.42. The van der Waals surface area contributed by atoms with Crippen LogP contribution in [0.3, 0.4) is 0 Å². The normalized spacial score (nSPS) is 11.3. The van der Waals surface area contributed by atoms with Gasteiger partial charge in [0.1, 0.15) is 10.7 Å². The summed E-state index contributed by atoms with van der Waals surface area (Å²) in [4.78, 5) is 3.92. The minimum absolute atomic E-state index is 0.333. The monoisotopic (exact) mass is 377 g/mol. The molecular weight excluding hydrogens is 361 g/mol. The van der Waals surface area contributed by atoms with Gasteiger partial charge in [0.05, 0.1) is 11.4 Å². The fourth-order valence-corrected chi connectivity index (χ4v) is 4.14. The fraction of sp³-hybridized carbons (Fsp3) is 0.118. The highest BCUT2D eigenvalue weighted by atomic mass is 32.2. The molecule has 1 heterocycles. The number of rotatable bonds is 5. The van der Waals surface area contributed by atoms with E-state index >= 15 is 0 Å². The van der Waals surface area contributed by atoms with Crippen molar-refractivity contribution in [1.82, 2.24) is 4.98 Å². The summed E-state index contributed by atoms with van der Waals surface area (Å²) in [6.45, 7) is 3.60. The van der Waals surface area contributed by atoms with Crippen LogP contribution in [0.1, 0.15) is 11.3 Å². The molecule has 1 aromatic heterocycles. The number of nitrogens with zero attached hydrogens (tertiary/aromatic N) is 1. The maximum atomic E-state index is 13.9. The highest BCUT2D eigenvalue weighted by Crippen LogP contribution is 2.25. The second kappa shape index (κ2) is 6.81. The maximum Gasteiger partial charge on any atom is 0.264 e. The number of hydrogen-bond acceptors (Lipinski definition) is 5. The molecular formula is C17H16FN3O2S2. The van der Waals surface area contributed by atoms with Gasteiger partial charge < -0.3 is 5.32 Å². The summed E-state index contributed by atoms with van der Waals surface area (Å²) in [5.41, 5.74) is 2.58. The molecule has 130 valence electrons. The Morgan fingerprint density at radius 1 is 1.08 bits per heavy atom. The molecule has 0 spiro atoms. The van der Waals surface area contributed by atoms with Crippen LogP contribution in [-0.4, -0.2) is 13.4 Å². The number of halogens is 1. The molecule has 0 aliphatic carbocycles. The maximum absolute atomic E-state index is 13.9. The van der Waals surface area contributed by atoms with Crippen LogP contribution in [0, 0.1) is 19.7 Å². The number of thiazole rings is 1. The molecule has 0 fully saturated rings. The molecule has 2 N–H and O–H groups in total. The predicted molar refractivity (Wildman–Crippen MR) is 98.5 cm³/mol. The standard InChI is InChI=1S/C17H16FN3O2S2/c1-11-6-7-15(18)16(8-11)25(22,23)21-14-5-3-4-13(9-14)20-17-19-12(2)10-24-17/h3-10,21H,1-2H3,(H,19,20). The lowest BCUT2D eigenvalue weighted by Gasteiger charge is -2.11. The van der Waals surface area contributed by atoms with Crippen molar-refractivity contribution in [2.24, 2.45) is 0 Å². The van der Waals surface area contributed by atoms with E-state index in [9.17, 15) is 12.8 Å². The Labute approximate surface area is 149 Å². The Bertz CT molecular complexity index is 1020. The molecule has 0 aliphatic rings. The van der Waals surface area contributed by atoms with E-state index in [0.29, 0.717) is 22.1 Å². The average molecular weight is 377 g/mol. The Morgan fingerprint density at radius 3 is 2.56 bits per heavy atom. The van der Waals surface area contributed by atoms with Gasteiger partial charge in [-0.1, -0.05) is 12.1 Å². The first-order valence-corrected chi connectivity index (χ1v) is 9.78. The number of hydrogen-bond donors (Lipinski definition) is 2. The zero-order valence-corrected chi connectivity index (χ0v) is 15.2. The number of nitrogens with one attached hydrogen (secondary N) is 2. The van der Waals surface area contributed by atoms with Crippen molar-refractivity contribution in [3.8, 4) is 0 Å². The van der Waals surface area contributed by atoms with Gasteiger partial charge in [0.2, 0.25) is 0 Å². The molecule has 2 aromatic carbocycles. The van der Waals surface area contributed by atoms with Gasteiger partial charge in [0.25, 0.3) is 10.0 Å². The van der Waals surface area contributed by atoms with Crippen LogP contribution in [0.2, 0.25) is 0 Å². The van der Waals surface area contributed by atoms with E-state index in [1.807, 2.05) is 12.3 Å². The zero-order valence-electron chi connectivity index (χ0n) is 13.6. The highest BCUT2D eigenvalue weighted by molar-refractivity contribution is 7.92. The van der Waals surface area contributed by atoms with Gasteiger partial charge in [-0.3, -0.25) is 4.72 Å². The van der Waals surface area contributed by atoms with Gasteiger partial charge in [-0.15, -0.1) is 11.3 Å². The quantitative estimate of drug-likeness (QED) is 0.689. The summed E-state index contributed by atoms with van der Waals surface area (Å²) in [7, 11) is -4.02. The van der Waals surface area contributed by atoms with Gasteiger partial charge in [-0.25, -0.2) is 17.8 Å². The zero-order chi connectivity index (χ0) is 18.0. The molecule has 0 saturated heterocycles. The summed E-state index contributed by atoms with van der Waals surface area (Å²) in [6.07, 6.45) is 0. The number of aryl methyl sites for hydroxylation is 2. The minimum atomic E-state index is -4.02. The Balaban J connectivity index is 1.85. The number of sulfonamides is 1. The summed E-state index contributed by atoms with van der Waals surface area (Å²) in [6, 6.07) is 10.7. The molecule has 0 atom stereocenters. The van der Waals surface area contributed by atoms with Gasteiger partial charge in [0.15, 0.2) is 5.13 Å². The van der Waals surface area contributed by atoms with E-state index in [4.69, 9.17) is 0 Å². The third-order valence-corrected chi connectivity index (χ3v) is 5.63. The molecule has 0 unspecified atom stereocenters. The van der Waals surface area contributed by atoms with Crippen molar-refractivity contribution in [2.45, 2.75) is 18.7 Å². The van der Waals surface area contributed by atoms with Crippen LogP contribution in [0.15, 0.2) is 52.7 Å². The molecule has 3 rings (SSSR count). The van der Waals surface area contributed by atoms with Crippen LogP contribution in [0.25, 0.3) is 0 Å². The van der Waals surface area contributed by atoms with E-state index < -0.39 is 15.8 Å². The van der Waals surface area contributed by atoms with E-state index in [-0.39, 0.29) is 4.90 Å². The van der Waals surface area contributed by atoms with Gasteiger partial charge in [-0.2, -0.15) is 0 Å². The molecule has 8 heteroatoms. The summed E-state index contributed by atoms with van der Waals surface area (Å²) in [5, 5.41) is 5.73. The van der Waals surface area contributed by atoms with Crippen molar-refractivity contribution in [1.29, 1.82) is 0 Å². The van der Waals surface area contributed by atoms with Crippen LogP contribution in [-0.2, 0) is 10.0 Å². The predicted octanol–water partition coefficient (Wildman–Crippen LogP) is 4.44. The van der Waals surface area contributed by atoms with Gasteiger partial charge >= 0.3 is 0 Å². The molecule has 0 aliphatic heterocycles. The lowest BCUT2D eigenvalue weighted by molar-refractivity contribution is 0.570.